The van der Waals surface area contributed by atoms with Crippen molar-refractivity contribution >= 4 is 0 Å². The molecule has 0 aromatic heterocycles. The molecule has 0 radical (unpaired) electrons. The van der Waals surface area contributed by atoms with Crippen LogP contribution in [-0.4, -0.2) is 18.5 Å². The van der Waals surface area contributed by atoms with Crippen LogP contribution in [0.15, 0.2) is 6.07 Å². The maximum absolute atomic E-state index is 8.74. The van der Waals surface area contributed by atoms with Crippen LogP contribution >= 0.6 is 0 Å². The van der Waals surface area contributed by atoms with Crippen molar-refractivity contribution < 1.29 is 0 Å². The van der Waals surface area contributed by atoms with Gasteiger partial charge >= 0.3 is 0 Å². The van der Waals surface area contributed by atoms with Gasteiger partial charge in [-0.15, -0.1) is 0 Å². The van der Waals surface area contributed by atoms with Crippen LogP contribution in [0.2, 0.25) is 0 Å². The van der Waals surface area contributed by atoms with Gasteiger partial charge in [0, 0.05) is 13.6 Å². The third kappa shape index (κ3) is 2.55. The molecule has 0 saturated heterocycles. The van der Waals surface area contributed by atoms with Crippen LogP contribution in [0.5, 0.6) is 0 Å². The molecule has 0 aliphatic heterocycles. The Bertz CT molecular complexity index is 401. The lowest BCUT2D eigenvalue weighted by Crippen LogP contribution is -2.16. The Morgan fingerprint density at radius 3 is 2.06 bits per heavy atom. The van der Waals surface area contributed by atoms with Crippen LogP contribution in [0.1, 0.15) is 27.8 Å². The van der Waals surface area contributed by atoms with E-state index in [0.717, 1.165) is 13.0 Å². The molecule has 16 heavy (non-hydrogen) atoms. The number of likely N-dealkylation sites (N-methyl/N-ethyl adjacent to an activating group) is 1. The SMILES string of the molecule is Cc1cc(C)c(C)c(CCN(C)C#N)c1C. The normalized spacial score (nSPS) is 10.0. The molecule has 0 heterocycles. The van der Waals surface area contributed by atoms with Gasteiger partial charge < -0.3 is 4.90 Å². The summed E-state index contributed by atoms with van der Waals surface area (Å²) < 4.78 is 0. The number of nitriles is 1. The summed E-state index contributed by atoms with van der Waals surface area (Å²) in [6.45, 7) is 9.44. The minimum atomic E-state index is 0.793. The number of hydrogen-bond acceptors (Lipinski definition) is 2. The standard InChI is InChI=1S/C14H20N2/c1-10-8-11(2)13(4)14(12(10)3)6-7-16(5)9-15/h8H,6-7H2,1-5H3. The van der Waals surface area contributed by atoms with Gasteiger partial charge in [-0.3, -0.25) is 0 Å². The number of nitrogens with zero attached hydrogens (tertiary/aromatic N) is 2. The first-order valence-electron chi connectivity index (χ1n) is 5.64. The molecule has 2 nitrogen and oxygen atoms in total. The molecule has 0 unspecified atom stereocenters. The molecule has 0 saturated carbocycles. The second-order valence-electron chi connectivity index (χ2n) is 4.51. The van der Waals surface area contributed by atoms with Gasteiger partial charge in [-0.05, 0) is 61.9 Å². The first kappa shape index (κ1) is 12.6. The van der Waals surface area contributed by atoms with Crippen LogP contribution in [0.4, 0.5) is 0 Å². The molecule has 0 N–H and O–H groups in total. The fourth-order valence-corrected chi connectivity index (χ4v) is 2.00. The summed E-state index contributed by atoms with van der Waals surface area (Å²) in [7, 11) is 1.83. The summed E-state index contributed by atoms with van der Waals surface area (Å²) in [5.74, 6) is 0. The molecule has 0 fully saturated rings. The molecule has 2 heteroatoms. The maximum Gasteiger partial charge on any atom is 0.179 e. The van der Waals surface area contributed by atoms with Crippen LogP contribution in [0.3, 0.4) is 0 Å². The Morgan fingerprint density at radius 2 is 1.62 bits per heavy atom. The highest BCUT2D eigenvalue weighted by Gasteiger charge is 2.08. The highest BCUT2D eigenvalue weighted by Crippen LogP contribution is 2.22. The van der Waals surface area contributed by atoms with E-state index in [9.17, 15) is 0 Å². The summed E-state index contributed by atoms with van der Waals surface area (Å²) in [5.41, 5.74) is 6.83. The molecule has 0 bridgehead atoms. The molecule has 1 rings (SSSR count). The number of benzene rings is 1. The summed E-state index contributed by atoms with van der Waals surface area (Å²) >= 11 is 0. The van der Waals surface area contributed by atoms with Crippen molar-refractivity contribution in [3.05, 3.63) is 33.9 Å². The molecule has 0 aliphatic rings. The zero-order valence-electron chi connectivity index (χ0n) is 10.9. The topological polar surface area (TPSA) is 27.0 Å². The van der Waals surface area contributed by atoms with E-state index < -0.39 is 0 Å². The molecule has 86 valence electrons. The van der Waals surface area contributed by atoms with Crippen LogP contribution in [0.25, 0.3) is 0 Å². The van der Waals surface area contributed by atoms with Crippen molar-refractivity contribution in [2.75, 3.05) is 13.6 Å². The van der Waals surface area contributed by atoms with E-state index in [4.69, 9.17) is 5.26 Å². The summed E-state index contributed by atoms with van der Waals surface area (Å²) in [5, 5.41) is 8.74. The molecular formula is C14H20N2. The van der Waals surface area contributed by atoms with E-state index >= 15 is 0 Å². The van der Waals surface area contributed by atoms with Gasteiger partial charge in [0.2, 0.25) is 0 Å². The smallest absolute Gasteiger partial charge is 0.179 e. The Balaban J connectivity index is 3.00. The zero-order valence-corrected chi connectivity index (χ0v) is 10.9. The van der Waals surface area contributed by atoms with Gasteiger partial charge in [0.05, 0.1) is 0 Å². The zero-order chi connectivity index (χ0) is 12.3. The van der Waals surface area contributed by atoms with Crippen LogP contribution in [-0.2, 0) is 6.42 Å². The largest absolute Gasteiger partial charge is 0.313 e. The van der Waals surface area contributed by atoms with E-state index in [1.807, 2.05) is 7.05 Å². The van der Waals surface area contributed by atoms with Crippen molar-refractivity contribution in [1.82, 2.24) is 4.90 Å². The van der Waals surface area contributed by atoms with Crippen molar-refractivity contribution in [1.29, 1.82) is 5.26 Å². The predicted octanol–water partition coefficient (Wildman–Crippen LogP) is 2.88. The van der Waals surface area contributed by atoms with Crippen LogP contribution in [0, 0.1) is 39.1 Å². The second kappa shape index (κ2) is 5.03. The Morgan fingerprint density at radius 1 is 1.12 bits per heavy atom. The molecule has 0 spiro atoms. The second-order valence-corrected chi connectivity index (χ2v) is 4.51. The van der Waals surface area contributed by atoms with Gasteiger partial charge in [-0.2, -0.15) is 5.26 Å². The van der Waals surface area contributed by atoms with Crippen molar-refractivity contribution in [3.8, 4) is 6.19 Å². The van der Waals surface area contributed by atoms with Crippen molar-refractivity contribution in [2.24, 2.45) is 0 Å². The Hall–Kier alpha value is -1.49. The number of aryl methyl sites for hydroxylation is 2. The molecule has 1 aromatic rings. The monoisotopic (exact) mass is 216 g/mol. The fourth-order valence-electron chi connectivity index (χ4n) is 2.00. The summed E-state index contributed by atoms with van der Waals surface area (Å²) in [6.07, 6.45) is 3.09. The van der Waals surface area contributed by atoms with Gasteiger partial charge in [0.25, 0.3) is 0 Å². The number of hydrogen-bond donors (Lipinski definition) is 0. The van der Waals surface area contributed by atoms with Gasteiger partial charge in [-0.25, -0.2) is 0 Å². The molecule has 0 atom stereocenters. The van der Waals surface area contributed by atoms with E-state index in [1.165, 1.54) is 27.8 Å². The van der Waals surface area contributed by atoms with E-state index in [0.29, 0.717) is 0 Å². The Kier molecular flexibility index (Phi) is 3.95. The van der Waals surface area contributed by atoms with E-state index in [-0.39, 0.29) is 0 Å². The first-order valence-corrected chi connectivity index (χ1v) is 5.64. The van der Waals surface area contributed by atoms with E-state index in [2.05, 4.69) is 40.0 Å². The highest BCUT2D eigenvalue weighted by molar-refractivity contribution is 5.44. The molecule has 0 amide bonds. The van der Waals surface area contributed by atoms with Gasteiger partial charge in [0.1, 0.15) is 0 Å². The third-order valence-electron chi connectivity index (χ3n) is 3.39. The third-order valence-corrected chi connectivity index (χ3v) is 3.39. The fraction of sp³-hybridized carbons (Fsp3) is 0.500. The lowest BCUT2D eigenvalue weighted by molar-refractivity contribution is 0.477. The quantitative estimate of drug-likeness (QED) is 0.574. The first-order chi connectivity index (χ1) is 7.47. The molecule has 1 aromatic carbocycles. The van der Waals surface area contributed by atoms with Gasteiger partial charge in [-0.1, -0.05) is 6.07 Å². The predicted molar refractivity (Wildman–Crippen MR) is 67.3 cm³/mol. The van der Waals surface area contributed by atoms with Crippen molar-refractivity contribution in [3.63, 3.8) is 0 Å². The summed E-state index contributed by atoms with van der Waals surface area (Å²) in [6, 6.07) is 2.24. The minimum absolute atomic E-state index is 0.793. The average molecular weight is 216 g/mol. The molecule has 0 aliphatic carbocycles. The maximum atomic E-state index is 8.74. The lowest BCUT2D eigenvalue weighted by Gasteiger charge is -2.16. The Labute approximate surface area is 98.5 Å². The summed E-state index contributed by atoms with van der Waals surface area (Å²) in [4.78, 5) is 1.68. The highest BCUT2D eigenvalue weighted by atomic mass is 15.1. The number of rotatable bonds is 3. The van der Waals surface area contributed by atoms with Crippen molar-refractivity contribution in [2.45, 2.75) is 34.1 Å². The van der Waals surface area contributed by atoms with E-state index in [1.54, 1.807) is 4.90 Å². The molecular weight excluding hydrogens is 196 g/mol. The minimum Gasteiger partial charge on any atom is -0.313 e. The average Bonchev–Trinajstić information content (AvgIpc) is 2.26. The van der Waals surface area contributed by atoms with Gasteiger partial charge in [0.15, 0.2) is 6.19 Å². The van der Waals surface area contributed by atoms with Crippen LogP contribution < -0.4 is 0 Å². The lowest BCUT2D eigenvalue weighted by atomic mass is 9.92.